The summed E-state index contributed by atoms with van der Waals surface area (Å²) in [7, 11) is 1.52. The van der Waals surface area contributed by atoms with E-state index in [0.29, 0.717) is 6.42 Å². The van der Waals surface area contributed by atoms with Crippen LogP contribution in [0.25, 0.3) is 0 Å². The smallest absolute Gasteiger partial charge is 0.356 e. The van der Waals surface area contributed by atoms with Gasteiger partial charge in [0.2, 0.25) is 5.91 Å². The van der Waals surface area contributed by atoms with E-state index < -0.39 is 5.97 Å². The number of benzene rings is 1. The van der Waals surface area contributed by atoms with Crippen molar-refractivity contribution in [2.45, 2.75) is 12.8 Å². The monoisotopic (exact) mass is 273 g/mol. The van der Waals surface area contributed by atoms with E-state index in [1.54, 1.807) is 0 Å². The average molecular weight is 273 g/mol. The predicted molar refractivity (Wildman–Crippen MR) is 73.6 cm³/mol. The number of amides is 1. The fourth-order valence-electron chi connectivity index (χ4n) is 1.90. The van der Waals surface area contributed by atoms with Crippen LogP contribution in [-0.4, -0.2) is 26.8 Å². The van der Waals surface area contributed by atoms with Crippen LogP contribution >= 0.6 is 0 Å². The Morgan fingerprint density at radius 1 is 1.30 bits per heavy atom. The van der Waals surface area contributed by atoms with Crippen molar-refractivity contribution in [3.8, 4) is 0 Å². The van der Waals surface area contributed by atoms with Crippen molar-refractivity contribution < 1.29 is 14.7 Å². The van der Waals surface area contributed by atoms with Gasteiger partial charge in [-0.2, -0.15) is 5.10 Å². The molecule has 1 amide bonds. The molecule has 0 radical (unpaired) electrons. The number of carbonyl (C=O) groups excluding carboxylic acids is 1. The van der Waals surface area contributed by atoms with Crippen molar-refractivity contribution in [2.24, 2.45) is 7.05 Å². The molecule has 1 aromatic heterocycles. The molecule has 104 valence electrons. The molecule has 0 aliphatic heterocycles. The molecular weight excluding hydrogens is 258 g/mol. The number of nitrogens with one attached hydrogen (secondary N) is 1. The molecular formula is C14H15N3O3. The van der Waals surface area contributed by atoms with Gasteiger partial charge in [0.25, 0.3) is 0 Å². The highest BCUT2D eigenvalue weighted by Gasteiger charge is 2.17. The maximum atomic E-state index is 11.8. The van der Waals surface area contributed by atoms with Crippen molar-refractivity contribution in [3.63, 3.8) is 0 Å². The predicted octanol–water partition coefficient (Wildman–Crippen LogP) is 1.69. The van der Waals surface area contributed by atoms with Crippen molar-refractivity contribution in [1.29, 1.82) is 0 Å². The second kappa shape index (κ2) is 6.01. The van der Waals surface area contributed by atoms with Crippen LogP contribution in [0, 0.1) is 0 Å². The molecule has 20 heavy (non-hydrogen) atoms. The number of carboxylic acids is 1. The maximum absolute atomic E-state index is 11.8. The third-order valence-electron chi connectivity index (χ3n) is 2.90. The number of aromatic nitrogens is 2. The lowest BCUT2D eigenvalue weighted by Gasteiger charge is -2.05. The van der Waals surface area contributed by atoms with E-state index in [2.05, 4.69) is 10.4 Å². The van der Waals surface area contributed by atoms with Crippen molar-refractivity contribution in [3.05, 3.63) is 47.8 Å². The molecule has 0 bridgehead atoms. The maximum Gasteiger partial charge on any atom is 0.356 e. The lowest BCUT2D eigenvalue weighted by Crippen LogP contribution is -2.15. The zero-order valence-electron chi connectivity index (χ0n) is 11.0. The summed E-state index contributed by atoms with van der Waals surface area (Å²) < 4.78 is 1.22. The molecule has 0 aliphatic rings. The molecule has 2 rings (SSSR count). The van der Waals surface area contributed by atoms with E-state index in [1.165, 1.54) is 17.9 Å². The second-order valence-corrected chi connectivity index (χ2v) is 4.37. The average Bonchev–Trinajstić information content (AvgIpc) is 2.78. The summed E-state index contributed by atoms with van der Waals surface area (Å²) in [6.07, 6.45) is 2.23. The molecule has 0 saturated heterocycles. The van der Waals surface area contributed by atoms with Crippen LogP contribution in [0.2, 0.25) is 0 Å². The van der Waals surface area contributed by atoms with E-state index in [-0.39, 0.29) is 23.7 Å². The van der Waals surface area contributed by atoms with Crippen LogP contribution in [-0.2, 0) is 18.3 Å². The largest absolute Gasteiger partial charge is 0.476 e. The Hall–Kier alpha value is -2.63. The quantitative estimate of drug-likeness (QED) is 0.868. The number of carbonyl (C=O) groups is 2. The zero-order valence-corrected chi connectivity index (χ0v) is 11.0. The summed E-state index contributed by atoms with van der Waals surface area (Å²) in [4.78, 5) is 22.9. The first-order valence-corrected chi connectivity index (χ1v) is 6.17. The molecule has 1 heterocycles. The fraction of sp³-hybridized carbons (Fsp3) is 0.214. The van der Waals surface area contributed by atoms with E-state index in [4.69, 9.17) is 5.11 Å². The van der Waals surface area contributed by atoms with Crippen LogP contribution in [0.4, 0.5) is 5.69 Å². The first kappa shape index (κ1) is 13.8. The molecule has 2 N–H and O–H groups in total. The van der Waals surface area contributed by atoms with E-state index in [1.807, 2.05) is 30.3 Å². The summed E-state index contributed by atoms with van der Waals surface area (Å²) in [5.41, 5.74) is 1.25. The molecule has 0 aliphatic carbocycles. The summed E-state index contributed by atoms with van der Waals surface area (Å²) in [5, 5.41) is 15.5. The number of aryl methyl sites for hydroxylation is 2. The van der Waals surface area contributed by atoms with Gasteiger partial charge in [0, 0.05) is 13.5 Å². The number of hydrogen-bond donors (Lipinski definition) is 2. The van der Waals surface area contributed by atoms with E-state index in [9.17, 15) is 9.59 Å². The normalized spacial score (nSPS) is 10.2. The molecule has 2 aromatic rings. The Labute approximate surface area is 116 Å². The first-order valence-electron chi connectivity index (χ1n) is 6.17. The third kappa shape index (κ3) is 3.23. The van der Waals surface area contributed by atoms with Gasteiger partial charge in [-0.25, -0.2) is 4.79 Å². The van der Waals surface area contributed by atoms with Gasteiger partial charge in [-0.15, -0.1) is 0 Å². The topological polar surface area (TPSA) is 84.2 Å². The summed E-state index contributed by atoms with van der Waals surface area (Å²) in [6.45, 7) is 0. The SMILES string of the molecule is Cn1ncc(NC(=O)CCc2ccccc2)c1C(=O)O. The van der Waals surface area contributed by atoms with Gasteiger partial charge in [0.15, 0.2) is 5.69 Å². The first-order chi connectivity index (χ1) is 9.58. The minimum atomic E-state index is -1.12. The summed E-state index contributed by atoms with van der Waals surface area (Å²) in [6, 6.07) is 9.63. The standard InChI is InChI=1S/C14H15N3O3/c1-17-13(14(19)20)11(9-15-17)16-12(18)8-7-10-5-3-2-4-6-10/h2-6,9H,7-8H2,1H3,(H,16,18)(H,19,20). The van der Waals surface area contributed by atoms with Gasteiger partial charge in [0.1, 0.15) is 0 Å². The lowest BCUT2D eigenvalue weighted by atomic mass is 10.1. The van der Waals surface area contributed by atoms with Crippen LogP contribution in [0.1, 0.15) is 22.5 Å². The zero-order chi connectivity index (χ0) is 14.5. The Kier molecular flexibility index (Phi) is 4.14. The number of rotatable bonds is 5. The molecule has 0 fully saturated rings. The Morgan fingerprint density at radius 3 is 2.65 bits per heavy atom. The molecule has 6 nitrogen and oxygen atoms in total. The molecule has 1 aromatic carbocycles. The van der Waals surface area contributed by atoms with Crippen LogP contribution < -0.4 is 5.32 Å². The van der Waals surface area contributed by atoms with Gasteiger partial charge in [-0.05, 0) is 12.0 Å². The van der Waals surface area contributed by atoms with E-state index in [0.717, 1.165) is 5.56 Å². The van der Waals surface area contributed by atoms with Crippen LogP contribution in [0.3, 0.4) is 0 Å². The Balaban J connectivity index is 1.97. The molecule has 0 unspecified atom stereocenters. The number of anilines is 1. The van der Waals surface area contributed by atoms with Gasteiger partial charge < -0.3 is 10.4 Å². The van der Waals surface area contributed by atoms with Crippen LogP contribution in [0.15, 0.2) is 36.5 Å². The highest BCUT2D eigenvalue weighted by atomic mass is 16.4. The highest BCUT2D eigenvalue weighted by molar-refractivity contribution is 5.99. The van der Waals surface area contributed by atoms with Gasteiger partial charge in [-0.1, -0.05) is 30.3 Å². The van der Waals surface area contributed by atoms with Gasteiger partial charge in [0.05, 0.1) is 11.9 Å². The molecule has 0 spiro atoms. The van der Waals surface area contributed by atoms with Crippen molar-refractivity contribution in [1.82, 2.24) is 9.78 Å². The number of aromatic carboxylic acids is 1. The molecule has 6 heteroatoms. The number of hydrogen-bond acceptors (Lipinski definition) is 3. The minimum Gasteiger partial charge on any atom is -0.476 e. The number of carboxylic acid groups (broad SMARTS) is 1. The van der Waals surface area contributed by atoms with E-state index >= 15 is 0 Å². The van der Waals surface area contributed by atoms with Crippen LogP contribution in [0.5, 0.6) is 0 Å². The Bertz CT molecular complexity index is 620. The summed E-state index contributed by atoms with van der Waals surface area (Å²) >= 11 is 0. The Morgan fingerprint density at radius 2 is 2.00 bits per heavy atom. The van der Waals surface area contributed by atoms with Gasteiger partial charge >= 0.3 is 5.97 Å². The lowest BCUT2D eigenvalue weighted by molar-refractivity contribution is -0.116. The third-order valence-corrected chi connectivity index (χ3v) is 2.90. The van der Waals surface area contributed by atoms with Crippen molar-refractivity contribution in [2.75, 3.05) is 5.32 Å². The summed E-state index contributed by atoms with van der Waals surface area (Å²) in [5.74, 6) is -1.35. The molecule has 0 atom stereocenters. The highest BCUT2D eigenvalue weighted by Crippen LogP contribution is 2.14. The minimum absolute atomic E-state index is 0.0296. The fourth-order valence-corrected chi connectivity index (χ4v) is 1.90. The number of nitrogens with zero attached hydrogens (tertiary/aromatic N) is 2. The molecule has 0 saturated carbocycles. The second-order valence-electron chi connectivity index (χ2n) is 4.37. The van der Waals surface area contributed by atoms with Crippen molar-refractivity contribution >= 4 is 17.6 Å². The van der Waals surface area contributed by atoms with Gasteiger partial charge in [-0.3, -0.25) is 9.48 Å².